The Morgan fingerprint density at radius 1 is 0.923 bits per heavy atom. The lowest BCUT2D eigenvalue weighted by molar-refractivity contribution is 0.686. The largest absolute Gasteiger partial charge is 0.357 e. The van der Waals surface area contributed by atoms with Gasteiger partial charge in [-0.25, -0.2) is 4.99 Å². The highest BCUT2D eigenvalue weighted by Crippen LogP contribution is 2.05. The summed E-state index contributed by atoms with van der Waals surface area (Å²) in [7, 11) is 0. The maximum atomic E-state index is 4.66. The van der Waals surface area contributed by atoms with Gasteiger partial charge in [-0.05, 0) is 18.1 Å². The monoisotopic (exact) mass is 347 g/mol. The topological polar surface area (TPSA) is 54.2 Å². The van der Waals surface area contributed by atoms with E-state index >= 15 is 0 Å². The molecular weight excluding hydrogens is 322 g/mol. The molecule has 0 aliphatic rings. The lowest BCUT2D eigenvalue weighted by Crippen LogP contribution is -2.36. The van der Waals surface area contributed by atoms with Gasteiger partial charge in [0, 0.05) is 24.8 Å². The van der Waals surface area contributed by atoms with Gasteiger partial charge >= 0.3 is 0 Å². The molecule has 0 saturated heterocycles. The van der Waals surface area contributed by atoms with Gasteiger partial charge in [-0.3, -0.25) is 4.68 Å². The number of nitrogens with one attached hydrogen (secondary N) is 2. The highest BCUT2D eigenvalue weighted by atomic mass is 15.3. The molecule has 0 spiro atoms. The summed E-state index contributed by atoms with van der Waals surface area (Å²) in [6.45, 7) is 5.02. The van der Waals surface area contributed by atoms with Crippen molar-refractivity contribution in [3.63, 3.8) is 0 Å². The van der Waals surface area contributed by atoms with Gasteiger partial charge < -0.3 is 10.6 Å². The van der Waals surface area contributed by atoms with E-state index in [9.17, 15) is 0 Å². The first-order chi connectivity index (χ1) is 12.8. The van der Waals surface area contributed by atoms with E-state index in [1.807, 2.05) is 47.3 Å². The van der Waals surface area contributed by atoms with Gasteiger partial charge in [-0.2, -0.15) is 5.10 Å². The molecule has 0 radical (unpaired) electrons. The van der Waals surface area contributed by atoms with Crippen LogP contribution >= 0.6 is 0 Å². The van der Waals surface area contributed by atoms with Crippen LogP contribution < -0.4 is 10.6 Å². The molecule has 0 aliphatic heterocycles. The fourth-order valence-corrected chi connectivity index (χ4v) is 2.64. The third-order valence-corrected chi connectivity index (χ3v) is 3.94. The Kier molecular flexibility index (Phi) is 6.42. The number of benzene rings is 2. The van der Waals surface area contributed by atoms with Crippen molar-refractivity contribution in [2.24, 2.45) is 4.99 Å². The van der Waals surface area contributed by atoms with Crippen molar-refractivity contribution in [3.05, 3.63) is 89.7 Å². The molecule has 0 saturated carbocycles. The van der Waals surface area contributed by atoms with Crippen LogP contribution in [0.3, 0.4) is 0 Å². The Morgan fingerprint density at radius 3 is 2.31 bits per heavy atom. The van der Waals surface area contributed by atoms with Gasteiger partial charge in [0.15, 0.2) is 5.96 Å². The van der Waals surface area contributed by atoms with Gasteiger partial charge in [-0.1, -0.05) is 60.7 Å². The molecule has 134 valence electrons. The fourth-order valence-electron chi connectivity index (χ4n) is 2.64. The van der Waals surface area contributed by atoms with Crippen molar-refractivity contribution in [1.29, 1.82) is 0 Å². The van der Waals surface area contributed by atoms with E-state index in [2.05, 4.69) is 58.1 Å². The Labute approximate surface area is 154 Å². The third-order valence-electron chi connectivity index (χ3n) is 3.94. The zero-order chi connectivity index (χ0) is 18.0. The molecule has 1 aromatic heterocycles. The van der Waals surface area contributed by atoms with Crippen molar-refractivity contribution in [2.75, 3.05) is 6.54 Å². The van der Waals surface area contributed by atoms with E-state index in [1.165, 1.54) is 11.1 Å². The summed E-state index contributed by atoms with van der Waals surface area (Å²) in [4.78, 5) is 4.66. The average Bonchev–Trinajstić information content (AvgIpc) is 3.13. The molecule has 0 unspecified atom stereocenters. The predicted octanol–water partition coefficient (Wildman–Crippen LogP) is 3.19. The second-order valence-electron chi connectivity index (χ2n) is 6.07. The molecule has 0 bridgehead atoms. The van der Waals surface area contributed by atoms with Crippen LogP contribution in [-0.2, 0) is 19.6 Å². The lowest BCUT2D eigenvalue weighted by Gasteiger charge is -2.11. The first kappa shape index (κ1) is 17.7. The highest BCUT2D eigenvalue weighted by Gasteiger charge is 2.01. The van der Waals surface area contributed by atoms with Crippen LogP contribution in [0.2, 0.25) is 0 Å². The molecule has 2 N–H and O–H groups in total. The van der Waals surface area contributed by atoms with Gasteiger partial charge in [0.05, 0.1) is 19.3 Å². The number of aliphatic imine (C=N–C) groups is 1. The number of nitrogens with zero attached hydrogens (tertiary/aromatic N) is 3. The maximum Gasteiger partial charge on any atom is 0.191 e. The van der Waals surface area contributed by atoms with Gasteiger partial charge in [-0.15, -0.1) is 0 Å². The number of rotatable bonds is 7. The second kappa shape index (κ2) is 9.42. The van der Waals surface area contributed by atoms with Crippen molar-refractivity contribution in [3.8, 4) is 0 Å². The minimum atomic E-state index is 0.596. The fraction of sp³-hybridized carbons (Fsp3) is 0.238. The molecule has 5 heteroatoms. The quantitative estimate of drug-likeness (QED) is 0.510. The first-order valence-corrected chi connectivity index (χ1v) is 8.95. The van der Waals surface area contributed by atoms with E-state index in [4.69, 9.17) is 0 Å². The SMILES string of the molecule is CCNC(=NCc1cnn(Cc2ccccc2)c1)NCc1ccccc1. The number of hydrogen-bond acceptors (Lipinski definition) is 2. The average molecular weight is 347 g/mol. The van der Waals surface area contributed by atoms with Crippen LogP contribution in [0.1, 0.15) is 23.6 Å². The van der Waals surface area contributed by atoms with Crippen molar-refractivity contribution in [2.45, 2.75) is 26.6 Å². The van der Waals surface area contributed by atoms with Crippen molar-refractivity contribution < 1.29 is 0 Å². The Bertz CT molecular complexity index is 809. The van der Waals surface area contributed by atoms with Crippen molar-refractivity contribution >= 4 is 5.96 Å². The van der Waals surface area contributed by atoms with E-state index in [0.29, 0.717) is 6.54 Å². The van der Waals surface area contributed by atoms with Crippen LogP contribution in [-0.4, -0.2) is 22.3 Å². The molecule has 0 fully saturated rings. The molecule has 3 aromatic rings. The first-order valence-electron chi connectivity index (χ1n) is 8.95. The maximum absolute atomic E-state index is 4.66. The van der Waals surface area contributed by atoms with Crippen LogP contribution in [0.25, 0.3) is 0 Å². The van der Waals surface area contributed by atoms with Crippen LogP contribution in [0.5, 0.6) is 0 Å². The normalized spacial score (nSPS) is 11.3. The Hall–Kier alpha value is -3.08. The smallest absolute Gasteiger partial charge is 0.191 e. The van der Waals surface area contributed by atoms with Gasteiger partial charge in [0.1, 0.15) is 0 Å². The van der Waals surface area contributed by atoms with E-state index in [1.54, 1.807) is 0 Å². The highest BCUT2D eigenvalue weighted by molar-refractivity contribution is 5.79. The molecule has 2 aromatic carbocycles. The zero-order valence-corrected chi connectivity index (χ0v) is 15.1. The van der Waals surface area contributed by atoms with Crippen molar-refractivity contribution in [1.82, 2.24) is 20.4 Å². The molecule has 5 nitrogen and oxygen atoms in total. The minimum Gasteiger partial charge on any atom is -0.357 e. The molecule has 0 aliphatic carbocycles. The van der Waals surface area contributed by atoms with Crippen LogP contribution in [0.4, 0.5) is 0 Å². The van der Waals surface area contributed by atoms with Crippen LogP contribution in [0.15, 0.2) is 78.0 Å². The lowest BCUT2D eigenvalue weighted by atomic mass is 10.2. The standard InChI is InChI=1S/C21H25N5/c1-2-22-21(23-13-18-9-5-3-6-10-18)24-14-20-15-25-26(17-20)16-19-11-7-4-8-12-19/h3-12,15,17H,2,13-14,16H2,1H3,(H2,22,23,24). The summed E-state index contributed by atoms with van der Waals surface area (Å²) in [5.74, 6) is 0.812. The number of guanidine groups is 1. The number of aromatic nitrogens is 2. The predicted molar refractivity (Wildman–Crippen MR) is 106 cm³/mol. The number of hydrogen-bond donors (Lipinski definition) is 2. The summed E-state index contributed by atoms with van der Waals surface area (Å²) in [6, 6.07) is 20.6. The van der Waals surface area contributed by atoms with E-state index in [0.717, 1.165) is 31.2 Å². The Balaban J connectivity index is 1.57. The molecule has 1 heterocycles. The summed E-state index contributed by atoms with van der Waals surface area (Å²) in [6.07, 6.45) is 3.93. The van der Waals surface area contributed by atoms with Gasteiger partial charge in [0.25, 0.3) is 0 Å². The van der Waals surface area contributed by atoms with E-state index in [-0.39, 0.29) is 0 Å². The molecule has 0 atom stereocenters. The third kappa shape index (κ3) is 5.48. The second-order valence-corrected chi connectivity index (χ2v) is 6.07. The zero-order valence-electron chi connectivity index (χ0n) is 15.1. The molecule has 0 amide bonds. The minimum absolute atomic E-state index is 0.596. The summed E-state index contributed by atoms with van der Waals surface area (Å²) < 4.78 is 1.95. The van der Waals surface area contributed by atoms with Crippen LogP contribution in [0, 0.1) is 0 Å². The summed E-state index contributed by atoms with van der Waals surface area (Å²) in [5.41, 5.74) is 3.56. The summed E-state index contributed by atoms with van der Waals surface area (Å²) >= 11 is 0. The summed E-state index contributed by atoms with van der Waals surface area (Å²) in [5, 5.41) is 11.1. The molecule has 3 rings (SSSR count). The molecular formula is C21H25N5. The Morgan fingerprint density at radius 2 is 1.62 bits per heavy atom. The van der Waals surface area contributed by atoms with E-state index < -0.39 is 0 Å². The van der Waals surface area contributed by atoms with Gasteiger partial charge in [0.2, 0.25) is 0 Å². The molecule has 26 heavy (non-hydrogen) atoms.